The zero-order valence-electron chi connectivity index (χ0n) is 15.7. The van der Waals surface area contributed by atoms with Crippen molar-refractivity contribution in [3.05, 3.63) is 48.0 Å². The van der Waals surface area contributed by atoms with Gasteiger partial charge in [-0.25, -0.2) is 4.79 Å². The van der Waals surface area contributed by atoms with Gasteiger partial charge in [0.05, 0.1) is 7.11 Å². The van der Waals surface area contributed by atoms with Gasteiger partial charge in [0.1, 0.15) is 6.04 Å². The lowest BCUT2D eigenvalue weighted by molar-refractivity contribution is -0.144. The highest BCUT2D eigenvalue weighted by molar-refractivity contribution is 5.85. The molecule has 140 valence electrons. The van der Waals surface area contributed by atoms with Gasteiger partial charge in [0.2, 0.25) is 6.41 Å². The second kappa shape index (κ2) is 10.6. The van der Waals surface area contributed by atoms with Gasteiger partial charge < -0.3 is 10.1 Å². The summed E-state index contributed by atoms with van der Waals surface area (Å²) in [5.74, 6) is 0.211. The van der Waals surface area contributed by atoms with Crippen molar-refractivity contribution in [2.75, 3.05) is 7.11 Å². The van der Waals surface area contributed by atoms with E-state index in [4.69, 9.17) is 0 Å². The number of amides is 1. The van der Waals surface area contributed by atoms with E-state index in [2.05, 4.69) is 59.4 Å². The summed E-state index contributed by atoms with van der Waals surface area (Å²) in [6.45, 7) is 2.14. The van der Waals surface area contributed by atoms with E-state index >= 15 is 0 Å². The third-order valence-electron chi connectivity index (χ3n) is 5.06. The molecule has 0 bridgehead atoms. The summed E-state index contributed by atoms with van der Waals surface area (Å²) in [5.41, 5.74) is 1.35. The van der Waals surface area contributed by atoms with Crippen LogP contribution in [0.3, 0.4) is 0 Å². The van der Waals surface area contributed by atoms with Gasteiger partial charge in [0.15, 0.2) is 0 Å². The Kier molecular flexibility index (Phi) is 8.13. The number of aryl methyl sites for hydroxylation is 1. The SMILES string of the molecule is COC(=O)[C@H](CC1CCCCC1)NC=O.Cc1cccc2ccccc12. The van der Waals surface area contributed by atoms with Crippen molar-refractivity contribution in [3.63, 3.8) is 0 Å². The van der Waals surface area contributed by atoms with Crippen LogP contribution in [0, 0.1) is 12.8 Å². The number of ether oxygens (including phenoxy) is 1. The first-order valence-electron chi connectivity index (χ1n) is 9.37. The van der Waals surface area contributed by atoms with Gasteiger partial charge >= 0.3 is 5.97 Å². The fraction of sp³-hybridized carbons (Fsp3) is 0.455. The molecule has 2 aromatic rings. The highest BCUT2D eigenvalue weighted by atomic mass is 16.5. The Morgan fingerprint density at radius 3 is 2.50 bits per heavy atom. The van der Waals surface area contributed by atoms with Gasteiger partial charge in [0, 0.05) is 0 Å². The van der Waals surface area contributed by atoms with Crippen LogP contribution < -0.4 is 5.32 Å². The van der Waals surface area contributed by atoms with Crippen LogP contribution in [0.2, 0.25) is 0 Å². The number of hydrogen-bond donors (Lipinski definition) is 1. The first kappa shape index (κ1) is 20.0. The van der Waals surface area contributed by atoms with Gasteiger partial charge in [0.25, 0.3) is 0 Å². The standard InChI is InChI=1S/C11H19NO3.C11H10/c1-15-11(14)10(12-8-13)7-9-5-3-2-4-6-9;1-9-5-4-7-10-6-2-3-8-11(9)10/h8-10H,2-7H2,1H3,(H,12,13);2-8H,1H3/t10-;/m0./s1. The highest BCUT2D eigenvalue weighted by Crippen LogP contribution is 2.27. The lowest BCUT2D eigenvalue weighted by Crippen LogP contribution is -2.38. The maximum atomic E-state index is 11.3. The van der Waals surface area contributed by atoms with Crippen molar-refractivity contribution in [2.45, 2.75) is 51.5 Å². The van der Waals surface area contributed by atoms with E-state index in [-0.39, 0.29) is 5.97 Å². The fourth-order valence-electron chi connectivity index (χ4n) is 3.60. The Balaban J connectivity index is 0.000000195. The average Bonchev–Trinajstić information content (AvgIpc) is 2.69. The smallest absolute Gasteiger partial charge is 0.328 e. The van der Waals surface area contributed by atoms with Crippen molar-refractivity contribution >= 4 is 23.2 Å². The number of rotatable bonds is 5. The Morgan fingerprint density at radius 2 is 1.85 bits per heavy atom. The second-order valence-corrected chi connectivity index (χ2v) is 6.90. The van der Waals surface area contributed by atoms with Crippen LogP contribution in [-0.2, 0) is 14.3 Å². The first-order valence-corrected chi connectivity index (χ1v) is 9.37. The summed E-state index contributed by atoms with van der Waals surface area (Å²) >= 11 is 0. The van der Waals surface area contributed by atoms with E-state index in [0.717, 1.165) is 12.8 Å². The van der Waals surface area contributed by atoms with Crippen LogP contribution in [0.5, 0.6) is 0 Å². The molecule has 26 heavy (non-hydrogen) atoms. The third kappa shape index (κ3) is 5.87. The number of benzene rings is 2. The minimum absolute atomic E-state index is 0.340. The van der Waals surface area contributed by atoms with Gasteiger partial charge in [-0.05, 0) is 35.6 Å². The Bertz CT molecular complexity index is 702. The summed E-state index contributed by atoms with van der Waals surface area (Å²) in [6, 6.07) is 14.4. The molecule has 1 fully saturated rings. The van der Waals surface area contributed by atoms with E-state index in [9.17, 15) is 9.59 Å². The molecule has 0 spiro atoms. The molecule has 0 aromatic heterocycles. The third-order valence-corrected chi connectivity index (χ3v) is 5.06. The van der Waals surface area contributed by atoms with E-state index in [1.807, 2.05) is 0 Å². The molecular weight excluding hydrogens is 326 g/mol. The molecule has 3 rings (SSSR count). The molecule has 0 aliphatic heterocycles. The molecule has 0 saturated heterocycles. The van der Waals surface area contributed by atoms with Crippen LogP contribution in [0.15, 0.2) is 42.5 Å². The second-order valence-electron chi connectivity index (χ2n) is 6.90. The van der Waals surface area contributed by atoms with E-state index in [1.165, 1.54) is 42.7 Å². The van der Waals surface area contributed by atoms with Crippen molar-refractivity contribution in [1.29, 1.82) is 0 Å². The number of esters is 1. The quantitative estimate of drug-likeness (QED) is 0.639. The fourth-order valence-corrected chi connectivity index (χ4v) is 3.60. The van der Waals surface area contributed by atoms with Crippen LogP contribution in [-0.4, -0.2) is 25.5 Å². The maximum absolute atomic E-state index is 11.3. The van der Waals surface area contributed by atoms with Crippen LogP contribution >= 0.6 is 0 Å². The predicted molar refractivity (Wildman–Crippen MR) is 105 cm³/mol. The van der Waals surface area contributed by atoms with Gasteiger partial charge in [-0.2, -0.15) is 0 Å². The highest BCUT2D eigenvalue weighted by Gasteiger charge is 2.24. The molecule has 1 saturated carbocycles. The van der Waals surface area contributed by atoms with E-state index < -0.39 is 6.04 Å². The number of carbonyl (C=O) groups excluding carboxylic acids is 2. The Hall–Kier alpha value is -2.36. The van der Waals surface area contributed by atoms with Crippen molar-refractivity contribution < 1.29 is 14.3 Å². The molecule has 0 radical (unpaired) electrons. The monoisotopic (exact) mass is 355 g/mol. The lowest BCUT2D eigenvalue weighted by Gasteiger charge is -2.24. The molecule has 4 heteroatoms. The number of nitrogens with one attached hydrogen (secondary N) is 1. The molecule has 1 N–H and O–H groups in total. The summed E-state index contributed by atoms with van der Waals surface area (Å²) in [7, 11) is 1.35. The topological polar surface area (TPSA) is 55.4 Å². The van der Waals surface area contributed by atoms with Gasteiger partial charge in [-0.15, -0.1) is 0 Å². The van der Waals surface area contributed by atoms with Crippen molar-refractivity contribution in [3.8, 4) is 0 Å². The summed E-state index contributed by atoms with van der Waals surface area (Å²) in [6.07, 6.45) is 7.37. The average molecular weight is 355 g/mol. The van der Waals surface area contributed by atoms with Crippen LogP contribution in [0.4, 0.5) is 0 Å². The van der Waals surface area contributed by atoms with Crippen molar-refractivity contribution in [1.82, 2.24) is 5.32 Å². The molecule has 1 aliphatic rings. The minimum Gasteiger partial charge on any atom is -0.467 e. The predicted octanol–water partition coefficient (Wildman–Crippen LogP) is 4.39. The molecule has 0 unspecified atom stereocenters. The first-order chi connectivity index (χ1) is 12.7. The summed E-state index contributed by atoms with van der Waals surface area (Å²) in [5, 5.41) is 5.21. The van der Waals surface area contributed by atoms with E-state index in [1.54, 1.807) is 0 Å². The number of carbonyl (C=O) groups is 2. The molecule has 0 heterocycles. The molecule has 1 atom stereocenters. The number of hydrogen-bond acceptors (Lipinski definition) is 3. The van der Waals surface area contributed by atoms with Gasteiger partial charge in [-0.3, -0.25) is 4.79 Å². The Morgan fingerprint density at radius 1 is 1.15 bits per heavy atom. The number of fused-ring (bicyclic) bond motifs is 1. The molecular formula is C22H29NO3. The zero-order valence-corrected chi connectivity index (χ0v) is 15.7. The molecule has 1 amide bonds. The van der Waals surface area contributed by atoms with Crippen LogP contribution in [0.1, 0.15) is 44.1 Å². The molecule has 2 aromatic carbocycles. The van der Waals surface area contributed by atoms with Crippen LogP contribution in [0.25, 0.3) is 10.8 Å². The van der Waals surface area contributed by atoms with Gasteiger partial charge in [-0.1, -0.05) is 74.6 Å². The largest absolute Gasteiger partial charge is 0.467 e. The van der Waals surface area contributed by atoms with Crippen molar-refractivity contribution in [2.24, 2.45) is 5.92 Å². The number of methoxy groups -OCH3 is 1. The molecule has 1 aliphatic carbocycles. The summed E-state index contributed by atoms with van der Waals surface area (Å²) in [4.78, 5) is 21.7. The lowest BCUT2D eigenvalue weighted by atomic mass is 9.85. The molecule has 4 nitrogen and oxygen atoms in total. The summed E-state index contributed by atoms with van der Waals surface area (Å²) < 4.78 is 4.65. The minimum atomic E-state index is -0.462. The zero-order chi connectivity index (χ0) is 18.8. The maximum Gasteiger partial charge on any atom is 0.328 e. The van der Waals surface area contributed by atoms with E-state index in [0.29, 0.717) is 18.7 Å². The Labute approximate surface area is 155 Å². The normalized spacial score (nSPS) is 15.5.